The summed E-state index contributed by atoms with van der Waals surface area (Å²) < 4.78 is 46.9. The van der Waals surface area contributed by atoms with E-state index in [0.717, 1.165) is 20.8 Å². The van der Waals surface area contributed by atoms with Crippen LogP contribution in [-0.2, 0) is 52.3 Å². The second-order valence-corrected chi connectivity index (χ2v) is 15.9. The Hall–Kier alpha value is -2.51. The zero-order chi connectivity index (χ0) is 48.6. The van der Waals surface area contributed by atoms with E-state index in [-0.39, 0.29) is 0 Å². The first-order chi connectivity index (χ1) is 30.7. The summed E-state index contributed by atoms with van der Waals surface area (Å²) in [5, 5.41) is 167. The van der Waals surface area contributed by atoms with Gasteiger partial charge in [-0.1, -0.05) is 0 Å². The number of amides is 3. The molecular weight excluding hydrogens is 890 g/mol. The third-order valence-corrected chi connectivity index (χ3v) is 11.2. The molecular formula is C36H63N3O26. The second-order valence-electron chi connectivity index (χ2n) is 15.9. The van der Waals surface area contributed by atoms with Crippen molar-refractivity contribution >= 4 is 17.7 Å². The summed E-state index contributed by atoms with van der Waals surface area (Å²) in [6, 6.07) is -5.04. The van der Waals surface area contributed by atoms with Gasteiger partial charge in [-0.15, -0.1) is 0 Å². The highest BCUT2D eigenvalue weighted by molar-refractivity contribution is 5.74. The van der Waals surface area contributed by atoms with Crippen molar-refractivity contribution in [1.82, 2.24) is 16.0 Å². The Bertz CT molecular complexity index is 1510. The topological polar surface area (TPSA) is 465 Å². The van der Waals surface area contributed by atoms with Crippen molar-refractivity contribution in [2.24, 2.45) is 0 Å². The molecule has 0 aromatic carbocycles. The molecule has 4 heterocycles. The lowest BCUT2D eigenvalue weighted by atomic mass is 9.94. The Balaban J connectivity index is 1.82. The zero-order valence-electron chi connectivity index (χ0n) is 35.3. The fourth-order valence-corrected chi connectivity index (χ4v) is 7.83. The predicted octanol–water partition coefficient (Wildman–Crippen LogP) is -11.9. The number of aliphatic hydroxyl groups excluding tert-OH is 15. The van der Waals surface area contributed by atoms with E-state index in [1.807, 2.05) is 0 Å². The van der Waals surface area contributed by atoms with Crippen LogP contribution in [0.2, 0.25) is 0 Å². The lowest BCUT2D eigenvalue weighted by Crippen LogP contribution is -2.70. The normalized spacial score (nSPS) is 42.0. The van der Waals surface area contributed by atoms with E-state index in [9.17, 15) is 91.0 Å². The summed E-state index contributed by atoms with van der Waals surface area (Å²) in [7, 11) is 0. The molecule has 0 unspecified atom stereocenters. The van der Waals surface area contributed by atoms with Gasteiger partial charge < -0.3 is 130 Å². The van der Waals surface area contributed by atoms with Crippen LogP contribution in [0, 0.1) is 0 Å². The summed E-state index contributed by atoms with van der Waals surface area (Å²) >= 11 is 0. The molecule has 4 aliphatic heterocycles. The van der Waals surface area contributed by atoms with Gasteiger partial charge in [-0.25, -0.2) is 0 Å². The van der Waals surface area contributed by atoms with Gasteiger partial charge in [0.15, 0.2) is 25.2 Å². The molecule has 29 nitrogen and oxygen atoms in total. The Kier molecular flexibility index (Phi) is 20.9. The Morgan fingerprint density at radius 1 is 0.446 bits per heavy atom. The minimum absolute atomic E-state index is 0.776. The monoisotopic (exact) mass is 953 g/mol. The van der Waals surface area contributed by atoms with E-state index in [0.29, 0.717) is 0 Å². The van der Waals surface area contributed by atoms with Crippen LogP contribution in [0.5, 0.6) is 0 Å². The number of carbonyl (C=O) groups is 3. The molecule has 0 saturated carbocycles. The standard InChI is InChI=1S/C36H63N3O26/c1-10(46)37-19-25(54)22(51)15(6-42)58-33(19)62-29(13(49)4-40)30(14(50)5-41)63-36-32(65-35-21(39-12(3)48)27(56)24(53)17(8-44)60-35)28(57)31(18(9-45)61-36)64-34-20(38-11(2)47)26(55)23(52)16(7-43)59-34/h13-36,40-45,49-57H,4-9H2,1-3H3,(H,37,46)(H,38,47)(H,39,48)/t13-,14-,15-,16-,17-,18-,19-,20-,21-,22-,23-,24-,25-,26-,27-,28+,29-,30-,31-,32+,33+,34+,35+,36-/m1/s1. The Morgan fingerprint density at radius 3 is 1.09 bits per heavy atom. The summed E-state index contributed by atoms with van der Waals surface area (Å²) in [5.74, 6) is -2.40. The van der Waals surface area contributed by atoms with Crippen LogP contribution < -0.4 is 16.0 Å². The summed E-state index contributed by atoms with van der Waals surface area (Å²) in [5.41, 5.74) is 0. The maximum absolute atomic E-state index is 12.3. The van der Waals surface area contributed by atoms with Gasteiger partial charge in [0.25, 0.3) is 0 Å². The van der Waals surface area contributed by atoms with Gasteiger partial charge in [0.1, 0.15) is 122 Å². The van der Waals surface area contributed by atoms with Crippen molar-refractivity contribution in [2.75, 3.05) is 39.6 Å². The van der Waals surface area contributed by atoms with Crippen molar-refractivity contribution in [3.05, 3.63) is 0 Å². The van der Waals surface area contributed by atoms with Crippen molar-refractivity contribution in [3.63, 3.8) is 0 Å². The molecule has 3 amide bonds. The van der Waals surface area contributed by atoms with Crippen LogP contribution in [0.3, 0.4) is 0 Å². The maximum atomic E-state index is 12.3. The third-order valence-electron chi connectivity index (χ3n) is 11.2. The van der Waals surface area contributed by atoms with E-state index in [1.165, 1.54) is 0 Å². The van der Waals surface area contributed by atoms with Crippen LogP contribution >= 0.6 is 0 Å². The van der Waals surface area contributed by atoms with Gasteiger partial charge >= 0.3 is 0 Å². The number of hydrogen-bond acceptors (Lipinski definition) is 26. The molecule has 4 saturated heterocycles. The molecule has 29 heteroatoms. The van der Waals surface area contributed by atoms with Gasteiger partial charge in [0.05, 0.1) is 39.6 Å². The van der Waals surface area contributed by atoms with Gasteiger partial charge in [0, 0.05) is 20.8 Å². The first-order valence-corrected chi connectivity index (χ1v) is 20.5. The van der Waals surface area contributed by atoms with E-state index >= 15 is 0 Å². The van der Waals surface area contributed by atoms with Gasteiger partial charge in [-0.05, 0) is 0 Å². The van der Waals surface area contributed by atoms with E-state index in [2.05, 4.69) is 16.0 Å². The number of ether oxygens (including phenoxy) is 8. The average Bonchev–Trinajstić information content (AvgIpc) is 3.27. The fourth-order valence-electron chi connectivity index (χ4n) is 7.83. The fraction of sp³-hybridized carbons (Fsp3) is 0.917. The molecule has 24 atom stereocenters. The molecule has 4 aliphatic rings. The highest BCUT2D eigenvalue weighted by Gasteiger charge is 2.56. The Morgan fingerprint density at radius 2 is 0.754 bits per heavy atom. The van der Waals surface area contributed by atoms with Gasteiger partial charge in [-0.2, -0.15) is 0 Å². The molecule has 378 valence electrons. The second kappa shape index (κ2) is 24.7. The smallest absolute Gasteiger partial charge is 0.217 e. The third kappa shape index (κ3) is 13.0. The number of hydrogen-bond donors (Lipinski definition) is 18. The molecule has 65 heavy (non-hydrogen) atoms. The van der Waals surface area contributed by atoms with Crippen LogP contribution in [-0.4, -0.2) is 281 Å². The van der Waals surface area contributed by atoms with Crippen molar-refractivity contribution < 1.29 is 129 Å². The number of nitrogens with one attached hydrogen (secondary N) is 3. The first kappa shape index (κ1) is 55.1. The summed E-state index contributed by atoms with van der Waals surface area (Å²) in [6.45, 7) is -3.27. The molecule has 0 radical (unpaired) electrons. The largest absolute Gasteiger partial charge is 0.394 e. The highest BCUT2D eigenvalue weighted by Crippen LogP contribution is 2.35. The van der Waals surface area contributed by atoms with Gasteiger partial charge in [0.2, 0.25) is 17.7 Å². The quantitative estimate of drug-likeness (QED) is 0.0539. The van der Waals surface area contributed by atoms with Crippen LogP contribution in [0.15, 0.2) is 0 Å². The SMILES string of the molecule is CC(=O)N[C@H]1[C@H](O[C@@H]2[C@@H](O[C@@H]([C@H](O[C@@H]3O[C@H](CO)[C@@H](O)[C@H](O)[C@H]3NC(C)=O)[C@H](O)CO)[C@H](O)CO)O[C@H](CO)[C@@H](O[C@@H]3O[C@H](CO)[C@@H](O)[C@H](O)[C@H]3NC(C)=O)[C@@H]2O)O[C@H](CO)[C@@H](O)[C@@H]1O. The lowest BCUT2D eigenvalue weighted by molar-refractivity contribution is -0.388. The minimum Gasteiger partial charge on any atom is -0.394 e. The van der Waals surface area contributed by atoms with Crippen molar-refractivity contribution in [3.8, 4) is 0 Å². The Labute approximate surface area is 369 Å². The predicted molar refractivity (Wildman–Crippen MR) is 204 cm³/mol. The lowest BCUT2D eigenvalue weighted by Gasteiger charge is -2.50. The van der Waals surface area contributed by atoms with E-state index in [4.69, 9.17) is 37.9 Å². The first-order valence-electron chi connectivity index (χ1n) is 20.5. The number of carbonyl (C=O) groups excluding carboxylic acids is 3. The number of aliphatic hydroxyl groups is 15. The minimum atomic E-state index is -2.26. The molecule has 18 N–H and O–H groups in total. The average molecular weight is 954 g/mol. The number of rotatable bonds is 20. The summed E-state index contributed by atoms with van der Waals surface area (Å²) in [4.78, 5) is 36.6. The van der Waals surface area contributed by atoms with Gasteiger partial charge in [-0.3, -0.25) is 14.4 Å². The molecule has 0 aliphatic carbocycles. The van der Waals surface area contributed by atoms with Crippen LogP contribution in [0.4, 0.5) is 0 Å². The molecule has 4 rings (SSSR count). The molecule has 0 bridgehead atoms. The van der Waals surface area contributed by atoms with Crippen LogP contribution in [0.1, 0.15) is 20.8 Å². The molecule has 0 spiro atoms. The maximum Gasteiger partial charge on any atom is 0.217 e. The van der Waals surface area contributed by atoms with Crippen LogP contribution in [0.25, 0.3) is 0 Å². The van der Waals surface area contributed by atoms with E-state index < -0.39 is 204 Å². The molecule has 0 aromatic heterocycles. The van der Waals surface area contributed by atoms with Crippen molar-refractivity contribution in [2.45, 2.75) is 168 Å². The van der Waals surface area contributed by atoms with E-state index in [1.54, 1.807) is 0 Å². The molecule has 4 fully saturated rings. The summed E-state index contributed by atoms with van der Waals surface area (Å²) in [6.07, 6.45) is -40.9. The molecule has 0 aromatic rings. The highest BCUT2D eigenvalue weighted by atomic mass is 16.8. The van der Waals surface area contributed by atoms with Crippen molar-refractivity contribution in [1.29, 1.82) is 0 Å². The zero-order valence-corrected chi connectivity index (χ0v) is 35.3.